The monoisotopic (exact) mass is 383 g/mol. The van der Waals surface area contributed by atoms with Gasteiger partial charge in [-0.1, -0.05) is 59.1 Å². The SMILES string of the molecule is Cc1ccc(N=Cc2ccccc2OCc2ccc(Cl)cc2Cl)c(C)c1. The largest absolute Gasteiger partial charge is 0.488 e. The molecule has 0 heterocycles. The van der Waals surface area contributed by atoms with Crippen LogP contribution in [0.15, 0.2) is 65.7 Å². The molecular weight excluding hydrogens is 365 g/mol. The number of rotatable bonds is 5. The van der Waals surface area contributed by atoms with Gasteiger partial charge in [-0.25, -0.2) is 0 Å². The predicted octanol–water partition coefficient (Wildman–Crippen LogP) is 6.94. The first-order valence-electron chi connectivity index (χ1n) is 8.30. The molecule has 0 saturated carbocycles. The van der Waals surface area contributed by atoms with Gasteiger partial charge in [-0.15, -0.1) is 0 Å². The number of nitrogens with zero attached hydrogens (tertiary/aromatic N) is 1. The fraction of sp³-hybridized carbons (Fsp3) is 0.136. The lowest BCUT2D eigenvalue weighted by atomic mass is 10.1. The van der Waals surface area contributed by atoms with Gasteiger partial charge in [-0.05, 0) is 49.7 Å². The summed E-state index contributed by atoms with van der Waals surface area (Å²) in [6, 6.07) is 19.4. The zero-order chi connectivity index (χ0) is 18.5. The molecule has 0 aromatic heterocycles. The van der Waals surface area contributed by atoms with Crippen molar-refractivity contribution < 1.29 is 4.74 Å². The molecule has 4 heteroatoms. The molecule has 0 bridgehead atoms. The summed E-state index contributed by atoms with van der Waals surface area (Å²) in [4.78, 5) is 4.61. The van der Waals surface area contributed by atoms with Gasteiger partial charge in [0.2, 0.25) is 0 Å². The van der Waals surface area contributed by atoms with Gasteiger partial charge in [0, 0.05) is 27.4 Å². The molecule has 0 aliphatic carbocycles. The van der Waals surface area contributed by atoms with Gasteiger partial charge in [-0.3, -0.25) is 4.99 Å². The molecule has 3 aromatic rings. The number of aliphatic imine (C=N–C) groups is 1. The maximum Gasteiger partial charge on any atom is 0.128 e. The number of halogens is 2. The second kappa shape index (κ2) is 8.39. The topological polar surface area (TPSA) is 21.6 Å². The Morgan fingerprint density at radius 2 is 1.77 bits per heavy atom. The summed E-state index contributed by atoms with van der Waals surface area (Å²) < 4.78 is 5.96. The number of aryl methyl sites for hydroxylation is 2. The zero-order valence-electron chi connectivity index (χ0n) is 14.7. The Kier molecular flexibility index (Phi) is 5.97. The minimum Gasteiger partial charge on any atom is -0.488 e. The number of hydrogen-bond donors (Lipinski definition) is 0. The first-order chi connectivity index (χ1) is 12.5. The summed E-state index contributed by atoms with van der Waals surface area (Å²) in [6.07, 6.45) is 1.83. The van der Waals surface area contributed by atoms with Crippen LogP contribution in [0.2, 0.25) is 10.0 Å². The minimum atomic E-state index is 0.365. The zero-order valence-corrected chi connectivity index (χ0v) is 16.2. The van der Waals surface area contributed by atoms with Crippen LogP contribution in [-0.4, -0.2) is 6.21 Å². The van der Waals surface area contributed by atoms with Crippen molar-refractivity contribution in [2.75, 3.05) is 0 Å². The van der Waals surface area contributed by atoms with E-state index in [-0.39, 0.29) is 0 Å². The third kappa shape index (κ3) is 4.66. The van der Waals surface area contributed by atoms with Crippen LogP contribution in [0.25, 0.3) is 0 Å². The van der Waals surface area contributed by atoms with Crippen molar-refractivity contribution in [3.63, 3.8) is 0 Å². The van der Waals surface area contributed by atoms with E-state index in [1.165, 1.54) is 5.56 Å². The molecule has 0 amide bonds. The molecule has 2 nitrogen and oxygen atoms in total. The standard InChI is InChI=1S/C22H19Cl2NO/c1-15-7-10-21(16(2)11-15)25-13-17-5-3-4-6-22(17)26-14-18-8-9-19(23)12-20(18)24/h3-13H,14H2,1-2H3. The van der Waals surface area contributed by atoms with Gasteiger partial charge in [0.05, 0.1) is 5.69 Å². The van der Waals surface area contributed by atoms with E-state index in [4.69, 9.17) is 27.9 Å². The lowest BCUT2D eigenvalue weighted by Crippen LogP contribution is -1.99. The van der Waals surface area contributed by atoms with Crippen LogP contribution in [-0.2, 0) is 6.61 Å². The maximum absolute atomic E-state index is 6.22. The molecule has 3 aromatic carbocycles. The number of para-hydroxylation sites is 1. The van der Waals surface area contributed by atoms with E-state index in [1.54, 1.807) is 12.1 Å². The molecule has 132 valence electrons. The Labute approximate surface area is 164 Å². The number of benzene rings is 3. The van der Waals surface area contributed by atoms with Crippen molar-refractivity contribution >= 4 is 35.1 Å². The summed E-state index contributed by atoms with van der Waals surface area (Å²) in [5.74, 6) is 0.757. The highest BCUT2D eigenvalue weighted by atomic mass is 35.5. The Morgan fingerprint density at radius 3 is 2.54 bits per heavy atom. The third-order valence-electron chi connectivity index (χ3n) is 4.01. The Morgan fingerprint density at radius 1 is 0.962 bits per heavy atom. The van der Waals surface area contributed by atoms with Crippen LogP contribution in [0.4, 0.5) is 5.69 Å². The molecule has 0 aliphatic rings. The van der Waals surface area contributed by atoms with Gasteiger partial charge >= 0.3 is 0 Å². The molecule has 0 spiro atoms. The maximum atomic E-state index is 6.22. The summed E-state index contributed by atoms with van der Waals surface area (Å²) in [6.45, 7) is 4.50. The van der Waals surface area contributed by atoms with E-state index in [1.807, 2.05) is 42.6 Å². The van der Waals surface area contributed by atoms with E-state index >= 15 is 0 Å². The fourth-order valence-corrected chi connectivity index (χ4v) is 3.07. The first kappa shape index (κ1) is 18.5. The van der Waals surface area contributed by atoms with Gasteiger partial charge in [0.15, 0.2) is 0 Å². The van der Waals surface area contributed by atoms with Crippen molar-refractivity contribution in [1.82, 2.24) is 0 Å². The average Bonchev–Trinajstić information content (AvgIpc) is 2.61. The van der Waals surface area contributed by atoms with Crippen LogP contribution < -0.4 is 4.74 Å². The molecule has 0 unspecified atom stereocenters. The summed E-state index contributed by atoms with van der Waals surface area (Å²) in [5, 5.41) is 1.21. The van der Waals surface area contributed by atoms with Crippen molar-refractivity contribution in [2.24, 2.45) is 4.99 Å². The molecule has 0 saturated heterocycles. The number of ether oxygens (including phenoxy) is 1. The highest BCUT2D eigenvalue weighted by molar-refractivity contribution is 6.35. The Bertz CT molecular complexity index is 951. The molecule has 0 N–H and O–H groups in total. The minimum absolute atomic E-state index is 0.365. The first-order valence-corrected chi connectivity index (χ1v) is 9.05. The van der Waals surface area contributed by atoms with Gasteiger partial charge in [-0.2, -0.15) is 0 Å². The molecule has 0 aliphatic heterocycles. The van der Waals surface area contributed by atoms with E-state index in [9.17, 15) is 0 Å². The average molecular weight is 384 g/mol. The molecule has 26 heavy (non-hydrogen) atoms. The van der Waals surface area contributed by atoms with E-state index in [0.717, 1.165) is 28.1 Å². The number of hydrogen-bond acceptors (Lipinski definition) is 2. The van der Waals surface area contributed by atoms with Crippen molar-refractivity contribution in [3.8, 4) is 5.75 Å². The predicted molar refractivity (Wildman–Crippen MR) is 110 cm³/mol. The third-order valence-corrected chi connectivity index (χ3v) is 4.60. The lowest BCUT2D eigenvalue weighted by molar-refractivity contribution is 0.306. The van der Waals surface area contributed by atoms with Gasteiger partial charge < -0.3 is 4.74 Å². The summed E-state index contributed by atoms with van der Waals surface area (Å²) in [5.41, 5.74) is 5.12. The lowest BCUT2D eigenvalue weighted by Gasteiger charge is -2.10. The highest BCUT2D eigenvalue weighted by Gasteiger charge is 2.05. The summed E-state index contributed by atoms with van der Waals surface area (Å²) in [7, 11) is 0. The van der Waals surface area contributed by atoms with Crippen molar-refractivity contribution in [1.29, 1.82) is 0 Å². The molecule has 0 radical (unpaired) electrons. The van der Waals surface area contributed by atoms with Crippen LogP contribution in [0.5, 0.6) is 5.75 Å². The van der Waals surface area contributed by atoms with Gasteiger partial charge in [0.1, 0.15) is 12.4 Å². The van der Waals surface area contributed by atoms with E-state index < -0.39 is 0 Å². The van der Waals surface area contributed by atoms with E-state index in [2.05, 4.69) is 31.0 Å². The van der Waals surface area contributed by atoms with Crippen LogP contribution in [0.1, 0.15) is 22.3 Å². The molecule has 0 fully saturated rings. The normalized spacial score (nSPS) is 11.1. The molecular formula is C22H19Cl2NO. The smallest absolute Gasteiger partial charge is 0.128 e. The molecule has 3 rings (SSSR count). The second-order valence-electron chi connectivity index (χ2n) is 6.11. The van der Waals surface area contributed by atoms with Crippen LogP contribution in [0.3, 0.4) is 0 Å². The Balaban J connectivity index is 1.78. The van der Waals surface area contributed by atoms with Gasteiger partial charge in [0.25, 0.3) is 0 Å². The van der Waals surface area contributed by atoms with Crippen molar-refractivity contribution in [3.05, 3.63) is 93.0 Å². The van der Waals surface area contributed by atoms with Crippen LogP contribution >= 0.6 is 23.2 Å². The Hall–Kier alpha value is -2.29. The quantitative estimate of drug-likeness (QED) is 0.437. The van der Waals surface area contributed by atoms with Crippen LogP contribution in [0, 0.1) is 13.8 Å². The molecule has 0 atom stereocenters. The fourth-order valence-electron chi connectivity index (χ4n) is 2.60. The summed E-state index contributed by atoms with van der Waals surface area (Å²) >= 11 is 12.2. The van der Waals surface area contributed by atoms with E-state index in [0.29, 0.717) is 16.7 Å². The van der Waals surface area contributed by atoms with Crippen molar-refractivity contribution in [2.45, 2.75) is 20.5 Å². The highest BCUT2D eigenvalue weighted by Crippen LogP contribution is 2.25. The second-order valence-corrected chi connectivity index (χ2v) is 6.95.